The second-order valence-corrected chi connectivity index (χ2v) is 5.07. The van der Waals surface area contributed by atoms with E-state index in [2.05, 4.69) is 15.2 Å². The molecule has 1 aromatic heterocycles. The molecule has 0 amide bonds. The topological polar surface area (TPSA) is 120 Å². The van der Waals surface area contributed by atoms with Crippen LogP contribution in [-0.2, 0) is 6.61 Å². The summed E-state index contributed by atoms with van der Waals surface area (Å²) in [6.45, 7) is 0.159. The molecule has 3 N–H and O–H groups in total. The summed E-state index contributed by atoms with van der Waals surface area (Å²) in [5, 5.41) is 17.5. The zero-order valence-corrected chi connectivity index (χ0v) is 12.6. The summed E-state index contributed by atoms with van der Waals surface area (Å²) in [6.07, 6.45) is 0. The molecule has 0 aliphatic heterocycles. The third-order valence-electron chi connectivity index (χ3n) is 3.41. The first-order valence-electron chi connectivity index (χ1n) is 7.22. The highest BCUT2D eigenvalue weighted by Crippen LogP contribution is 2.19. The Morgan fingerprint density at radius 2 is 1.88 bits per heavy atom. The van der Waals surface area contributed by atoms with Crippen LogP contribution in [0.5, 0.6) is 5.75 Å². The smallest absolute Gasteiger partial charge is 0.269 e. The molecule has 8 heteroatoms. The van der Waals surface area contributed by atoms with Crippen molar-refractivity contribution in [1.82, 2.24) is 15.2 Å². The van der Waals surface area contributed by atoms with Crippen LogP contribution in [-0.4, -0.2) is 20.1 Å². The number of aromatic amines is 1. The zero-order chi connectivity index (χ0) is 16.9. The van der Waals surface area contributed by atoms with Crippen LogP contribution >= 0.6 is 0 Å². The maximum absolute atomic E-state index is 10.6. The van der Waals surface area contributed by atoms with Crippen LogP contribution in [0.2, 0.25) is 0 Å². The molecule has 3 aromatic rings. The quantitative estimate of drug-likeness (QED) is 0.530. The van der Waals surface area contributed by atoms with E-state index in [1.54, 1.807) is 0 Å². The lowest BCUT2D eigenvalue weighted by molar-refractivity contribution is -0.384. The number of hydrogen-bond acceptors (Lipinski definition) is 6. The Labute approximate surface area is 137 Å². The number of rotatable bonds is 6. The molecule has 0 saturated heterocycles. The second-order valence-electron chi connectivity index (χ2n) is 5.07. The van der Waals surface area contributed by atoms with Gasteiger partial charge in [0.2, 0.25) is 0 Å². The highest BCUT2D eigenvalue weighted by Gasteiger charge is 2.14. The zero-order valence-electron chi connectivity index (χ0n) is 12.6. The number of benzene rings is 2. The van der Waals surface area contributed by atoms with E-state index in [0.717, 1.165) is 5.56 Å². The molecule has 8 nitrogen and oxygen atoms in total. The number of H-pyrrole nitrogens is 1. The predicted molar refractivity (Wildman–Crippen MR) is 86.3 cm³/mol. The van der Waals surface area contributed by atoms with Crippen molar-refractivity contribution < 1.29 is 9.66 Å². The fourth-order valence-corrected chi connectivity index (χ4v) is 2.14. The van der Waals surface area contributed by atoms with Gasteiger partial charge in [-0.15, -0.1) is 0 Å². The van der Waals surface area contributed by atoms with Gasteiger partial charge in [-0.05, 0) is 17.7 Å². The molecule has 0 aliphatic carbocycles. The largest absolute Gasteiger partial charge is 0.486 e. The van der Waals surface area contributed by atoms with Crippen LogP contribution in [0.15, 0.2) is 54.6 Å². The van der Waals surface area contributed by atoms with E-state index in [-0.39, 0.29) is 12.3 Å². The van der Waals surface area contributed by atoms with Crippen molar-refractivity contribution in [3.8, 4) is 5.75 Å². The summed E-state index contributed by atoms with van der Waals surface area (Å²) in [5.74, 6) is 1.50. The number of ether oxygens (including phenoxy) is 1. The molecule has 0 spiro atoms. The Bertz CT molecular complexity index is 817. The molecule has 122 valence electrons. The molecule has 3 rings (SSSR count). The first-order chi connectivity index (χ1) is 11.6. The fraction of sp³-hybridized carbons (Fsp3) is 0.125. The summed E-state index contributed by atoms with van der Waals surface area (Å²) < 4.78 is 5.53. The fourth-order valence-electron chi connectivity index (χ4n) is 2.14. The summed E-state index contributed by atoms with van der Waals surface area (Å²) in [6, 6.07) is 15.0. The van der Waals surface area contributed by atoms with Crippen molar-refractivity contribution in [3.05, 3.63) is 81.9 Å². The van der Waals surface area contributed by atoms with Crippen molar-refractivity contribution in [1.29, 1.82) is 0 Å². The Kier molecular flexibility index (Phi) is 4.48. The molecular weight excluding hydrogens is 310 g/mol. The highest BCUT2D eigenvalue weighted by atomic mass is 16.6. The first-order valence-corrected chi connectivity index (χ1v) is 7.22. The predicted octanol–water partition coefficient (Wildman–Crippen LogP) is 2.34. The van der Waals surface area contributed by atoms with E-state index < -0.39 is 11.0 Å². The summed E-state index contributed by atoms with van der Waals surface area (Å²) in [5.41, 5.74) is 7.06. The minimum atomic E-state index is -0.461. The van der Waals surface area contributed by atoms with Gasteiger partial charge >= 0.3 is 0 Å². The number of non-ortho nitro benzene ring substituents is 1. The van der Waals surface area contributed by atoms with E-state index in [4.69, 9.17) is 10.5 Å². The van der Waals surface area contributed by atoms with Crippen molar-refractivity contribution in [2.75, 3.05) is 0 Å². The van der Waals surface area contributed by atoms with Crippen LogP contribution < -0.4 is 10.5 Å². The van der Waals surface area contributed by atoms with Gasteiger partial charge in [0, 0.05) is 12.1 Å². The minimum absolute atomic E-state index is 0.0122. The highest BCUT2D eigenvalue weighted by molar-refractivity contribution is 5.36. The normalized spacial score (nSPS) is 11.9. The molecule has 0 saturated carbocycles. The van der Waals surface area contributed by atoms with Gasteiger partial charge in [0.25, 0.3) is 5.69 Å². The average molecular weight is 325 g/mol. The van der Waals surface area contributed by atoms with Crippen molar-refractivity contribution in [3.63, 3.8) is 0 Å². The number of aromatic nitrogens is 3. The maximum atomic E-state index is 10.6. The monoisotopic (exact) mass is 325 g/mol. The molecule has 0 bridgehead atoms. The molecule has 1 atom stereocenters. The lowest BCUT2D eigenvalue weighted by Gasteiger charge is -2.07. The van der Waals surface area contributed by atoms with Crippen LogP contribution in [0, 0.1) is 10.1 Å². The summed E-state index contributed by atoms with van der Waals surface area (Å²) in [4.78, 5) is 14.5. The maximum Gasteiger partial charge on any atom is 0.269 e. The lowest BCUT2D eigenvalue weighted by Crippen LogP contribution is -2.13. The Morgan fingerprint density at radius 1 is 1.17 bits per heavy atom. The van der Waals surface area contributed by atoms with E-state index in [1.807, 2.05) is 30.3 Å². The van der Waals surface area contributed by atoms with Gasteiger partial charge in [-0.2, -0.15) is 5.10 Å². The summed E-state index contributed by atoms with van der Waals surface area (Å²) >= 11 is 0. The average Bonchev–Trinajstić information content (AvgIpc) is 3.09. The van der Waals surface area contributed by atoms with Gasteiger partial charge in [-0.25, -0.2) is 4.98 Å². The Balaban J connectivity index is 1.63. The van der Waals surface area contributed by atoms with E-state index in [0.29, 0.717) is 17.4 Å². The van der Waals surface area contributed by atoms with Gasteiger partial charge in [0.15, 0.2) is 11.6 Å². The Morgan fingerprint density at radius 3 is 2.54 bits per heavy atom. The number of nitro benzene ring substituents is 1. The SMILES string of the molecule is N[C@@H](c1ccccc1)c1n[nH]c(COc2ccc([N+](=O)[O-])cc2)n1. The van der Waals surface area contributed by atoms with Crippen LogP contribution in [0.4, 0.5) is 5.69 Å². The molecule has 0 aliphatic rings. The number of hydrogen-bond donors (Lipinski definition) is 2. The van der Waals surface area contributed by atoms with Crippen molar-refractivity contribution in [2.24, 2.45) is 5.73 Å². The standard InChI is InChI=1S/C16H15N5O3/c17-15(11-4-2-1-3-5-11)16-18-14(19-20-16)10-24-13-8-6-12(7-9-13)21(22)23/h1-9,15H,10,17H2,(H,18,19,20)/t15-/m0/s1. The second kappa shape index (κ2) is 6.88. The molecule has 2 aromatic carbocycles. The molecule has 0 radical (unpaired) electrons. The number of nitrogens with one attached hydrogen (secondary N) is 1. The third-order valence-corrected chi connectivity index (χ3v) is 3.41. The van der Waals surface area contributed by atoms with Gasteiger partial charge in [0.05, 0.1) is 11.0 Å². The van der Waals surface area contributed by atoms with Gasteiger partial charge in [-0.1, -0.05) is 30.3 Å². The lowest BCUT2D eigenvalue weighted by atomic mass is 10.1. The minimum Gasteiger partial charge on any atom is -0.486 e. The van der Waals surface area contributed by atoms with Gasteiger partial charge in [0.1, 0.15) is 12.4 Å². The molecule has 1 heterocycles. The first kappa shape index (κ1) is 15.6. The van der Waals surface area contributed by atoms with E-state index >= 15 is 0 Å². The van der Waals surface area contributed by atoms with Gasteiger partial charge in [-0.3, -0.25) is 15.2 Å². The molecule has 0 unspecified atom stereocenters. The van der Waals surface area contributed by atoms with Gasteiger partial charge < -0.3 is 10.5 Å². The van der Waals surface area contributed by atoms with E-state index in [9.17, 15) is 10.1 Å². The Hall–Kier alpha value is -3.26. The molecular formula is C16H15N5O3. The van der Waals surface area contributed by atoms with Crippen molar-refractivity contribution >= 4 is 5.69 Å². The molecule has 0 fully saturated rings. The molecule has 24 heavy (non-hydrogen) atoms. The summed E-state index contributed by atoms with van der Waals surface area (Å²) in [7, 11) is 0. The third kappa shape index (κ3) is 3.55. The number of nitrogens with two attached hydrogens (primary N) is 1. The van der Waals surface area contributed by atoms with E-state index in [1.165, 1.54) is 24.3 Å². The van der Waals surface area contributed by atoms with Crippen LogP contribution in [0.3, 0.4) is 0 Å². The van der Waals surface area contributed by atoms with Crippen LogP contribution in [0.1, 0.15) is 23.3 Å². The number of nitro groups is 1. The number of nitrogens with zero attached hydrogens (tertiary/aromatic N) is 3. The van der Waals surface area contributed by atoms with Crippen LogP contribution in [0.25, 0.3) is 0 Å². The van der Waals surface area contributed by atoms with Crippen molar-refractivity contribution in [2.45, 2.75) is 12.6 Å².